The van der Waals surface area contributed by atoms with Crippen molar-refractivity contribution in [2.45, 2.75) is 12.8 Å². The van der Waals surface area contributed by atoms with Gasteiger partial charge in [0.25, 0.3) is 0 Å². The summed E-state index contributed by atoms with van der Waals surface area (Å²) in [6.07, 6.45) is 1.83. The predicted molar refractivity (Wildman–Crippen MR) is 59.4 cm³/mol. The predicted octanol–water partition coefficient (Wildman–Crippen LogP) is 1.36. The molecule has 4 nitrogen and oxygen atoms in total. The lowest BCUT2D eigenvalue weighted by molar-refractivity contribution is 0.122. The molecule has 0 aromatic carbocycles. The Morgan fingerprint density at radius 3 is 2.87 bits per heavy atom. The molecule has 0 atom stereocenters. The molecule has 0 N–H and O–H groups in total. The first kappa shape index (κ1) is 10.6. The Hall–Kier alpha value is -0.870. The molecule has 15 heavy (non-hydrogen) atoms. The highest BCUT2D eigenvalue weighted by molar-refractivity contribution is 6.17. The summed E-state index contributed by atoms with van der Waals surface area (Å²) < 4.78 is 5.28. The summed E-state index contributed by atoms with van der Waals surface area (Å²) in [6, 6.07) is 0. The summed E-state index contributed by atoms with van der Waals surface area (Å²) in [7, 11) is 0. The van der Waals surface area contributed by atoms with Gasteiger partial charge in [0.2, 0.25) is 5.95 Å². The van der Waals surface area contributed by atoms with Crippen LogP contribution in [0.1, 0.15) is 11.3 Å². The van der Waals surface area contributed by atoms with Gasteiger partial charge in [-0.3, -0.25) is 0 Å². The second kappa shape index (κ2) is 4.77. The molecule has 0 spiro atoms. The van der Waals surface area contributed by atoms with Crippen molar-refractivity contribution in [1.29, 1.82) is 0 Å². The summed E-state index contributed by atoms with van der Waals surface area (Å²) in [5.74, 6) is 1.20. The van der Waals surface area contributed by atoms with Gasteiger partial charge in [-0.2, -0.15) is 0 Å². The van der Waals surface area contributed by atoms with Gasteiger partial charge in [-0.25, -0.2) is 9.97 Å². The average Bonchev–Trinajstić information content (AvgIpc) is 2.31. The second-order valence-corrected chi connectivity index (χ2v) is 3.80. The van der Waals surface area contributed by atoms with E-state index in [9.17, 15) is 0 Å². The van der Waals surface area contributed by atoms with Crippen LogP contribution in [0.2, 0.25) is 0 Å². The molecule has 5 heteroatoms. The summed E-state index contributed by atoms with van der Waals surface area (Å²) in [5.41, 5.74) is 1.95. The largest absolute Gasteiger partial charge is 0.378 e. The van der Waals surface area contributed by atoms with Crippen LogP contribution in [0.25, 0.3) is 0 Å². The molecular weight excluding hydrogens is 214 g/mol. The Morgan fingerprint density at radius 1 is 1.47 bits per heavy atom. The minimum Gasteiger partial charge on any atom is -0.378 e. The van der Waals surface area contributed by atoms with E-state index in [0.717, 1.165) is 43.5 Å². The van der Waals surface area contributed by atoms with Crippen LogP contribution in [-0.4, -0.2) is 36.3 Å². The molecule has 2 heterocycles. The number of nitrogens with zero attached hydrogens (tertiary/aromatic N) is 3. The molecule has 1 aliphatic heterocycles. The smallest absolute Gasteiger partial charge is 0.225 e. The van der Waals surface area contributed by atoms with Crippen molar-refractivity contribution in [1.82, 2.24) is 9.97 Å². The Kier molecular flexibility index (Phi) is 3.38. The Morgan fingerprint density at radius 2 is 2.20 bits per heavy atom. The first-order valence-electron chi connectivity index (χ1n) is 5.02. The van der Waals surface area contributed by atoms with E-state index in [1.54, 1.807) is 0 Å². The summed E-state index contributed by atoms with van der Waals surface area (Å²) in [4.78, 5) is 10.9. The van der Waals surface area contributed by atoms with Crippen LogP contribution >= 0.6 is 11.6 Å². The Bertz CT molecular complexity index is 339. The number of aryl methyl sites for hydroxylation is 1. The van der Waals surface area contributed by atoms with Crippen LogP contribution in [0.5, 0.6) is 0 Å². The molecule has 1 aromatic heterocycles. The van der Waals surface area contributed by atoms with E-state index < -0.39 is 0 Å². The number of rotatable bonds is 2. The summed E-state index contributed by atoms with van der Waals surface area (Å²) >= 11 is 5.81. The van der Waals surface area contributed by atoms with E-state index in [2.05, 4.69) is 14.9 Å². The van der Waals surface area contributed by atoms with Crippen molar-refractivity contribution < 1.29 is 4.74 Å². The number of halogens is 1. The van der Waals surface area contributed by atoms with E-state index in [1.165, 1.54) is 0 Å². The van der Waals surface area contributed by atoms with Crippen molar-refractivity contribution >= 4 is 17.5 Å². The van der Waals surface area contributed by atoms with Crippen molar-refractivity contribution in [2.75, 3.05) is 31.2 Å². The van der Waals surface area contributed by atoms with Gasteiger partial charge in [-0.1, -0.05) is 0 Å². The number of aromatic nitrogens is 2. The third kappa shape index (κ3) is 2.38. The van der Waals surface area contributed by atoms with Gasteiger partial charge >= 0.3 is 0 Å². The van der Waals surface area contributed by atoms with E-state index in [4.69, 9.17) is 16.3 Å². The second-order valence-electron chi connectivity index (χ2n) is 3.53. The lowest BCUT2D eigenvalue weighted by Crippen LogP contribution is -2.37. The highest BCUT2D eigenvalue weighted by Crippen LogP contribution is 2.13. The highest BCUT2D eigenvalue weighted by atomic mass is 35.5. The summed E-state index contributed by atoms with van der Waals surface area (Å²) in [6.45, 7) is 5.16. The highest BCUT2D eigenvalue weighted by Gasteiger charge is 2.14. The van der Waals surface area contributed by atoms with Gasteiger partial charge in [0.15, 0.2) is 0 Å². The maximum Gasteiger partial charge on any atom is 0.225 e. The van der Waals surface area contributed by atoms with Crippen LogP contribution in [0, 0.1) is 6.92 Å². The van der Waals surface area contributed by atoms with E-state index in [1.807, 2.05) is 13.1 Å². The zero-order valence-corrected chi connectivity index (χ0v) is 9.50. The first-order chi connectivity index (χ1) is 7.31. The standard InChI is InChI=1S/C10H14ClN3O/c1-8-7-12-10(13-9(8)6-11)14-2-4-15-5-3-14/h7H,2-6H2,1H3. The van der Waals surface area contributed by atoms with Crippen molar-refractivity contribution in [3.63, 3.8) is 0 Å². The SMILES string of the molecule is Cc1cnc(N2CCOCC2)nc1CCl. The third-order valence-electron chi connectivity index (χ3n) is 2.48. The molecule has 1 fully saturated rings. The van der Waals surface area contributed by atoms with Crippen LogP contribution in [0.4, 0.5) is 5.95 Å². The number of anilines is 1. The molecule has 0 unspecified atom stereocenters. The molecule has 1 aliphatic rings. The molecular formula is C10H14ClN3O. The van der Waals surface area contributed by atoms with Crippen LogP contribution < -0.4 is 4.90 Å². The molecule has 1 saturated heterocycles. The summed E-state index contributed by atoms with van der Waals surface area (Å²) in [5, 5.41) is 0. The van der Waals surface area contributed by atoms with Gasteiger partial charge in [0, 0.05) is 19.3 Å². The van der Waals surface area contributed by atoms with Crippen molar-refractivity contribution in [3.8, 4) is 0 Å². The number of alkyl halides is 1. The molecule has 1 aromatic rings. The molecule has 0 bridgehead atoms. The molecule has 0 aliphatic carbocycles. The topological polar surface area (TPSA) is 38.2 Å². The quantitative estimate of drug-likeness (QED) is 0.716. The number of morpholine rings is 1. The number of hydrogen-bond donors (Lipinski definition) is 0. The van der Waals surface area contributed by atoms with Crippen LogP contribution in [0.3, 0.4) is 0 Å². The number of hydrogen-bond acceptors (Lipinski definition) is 4. The zero-order valence-electron chi connectivity index (χ0n) is 8.74. The minimum absolute atomic E-state index is 0.436. The molecule has 2 rings (SSSR count). The van der Waals surface area contributed by atoms with Crippen LogP contribution in [0.15, 0.2) is 6.20 Å². The monoisotopic (exact) mass is 227 g/mol. The first-order valence-corrected chi connectivity index (χ1v) is 5.56. The lowest BCUT2D eigenvalue weighted by atomic mass is 10.3. The van der Waals surface area contributed by atoms with Crippen molar-refractivity contribution in [3.05, 3.63) is 17.5 Å². The van der Waals surface area contributed by atoms with Gasteiger partial charge in [0.1, 0.15) is 0 Å². The van der Waals surface area contributed by atoms with Crippen molar-refractivity contribution in [2.24, 2.45) is 0 Å². The fourth-order valence-corrected chi connectivity index (χ4v) is 1.79. The molecule has 82 valence electrons. The zero-order chi connectivity index (χ0) is 10.7. The number of ether oxygens (including phenoxy) is 1. The van der Waals surface area contributed by atoms with E-state index >= 15 is 0 Å². The normalized spacial score (nSPS) is 16.8. The fourth-order valence-electron chi connectivity index (χ4n) is 1.52. The minimum atomic E-state index is 0.436. The Balaban J connectivity index is 2.20. The van der Waals surface area contributed by atoms with E-state index in [-0.39, 0.29) is 0 Å². The average molecular weight is 228 g/mol. The Labute approximate surface area is 94.2 Å². The van der Waals surface area contributed by atoms with Gasteiger partial charge in [-0.15, -0.1) is 11.6 Å². The lowest BCUT2D eigenvalue weighted by Gasteiger charge is -2.27. The fraction of sp³-hybridized carbons (Fsp3) is 0.600. The van der Waals surface area contributed by atoms with Gasteiger partial charge < -0.3 is 9.64 Å². The molecule has 0 radical (unpaired) electrons. The van der Waals surface area contributed by atoms with E-state index in [0.29, 0.717) is 5.88 Å². The maximum absolute atomic E-state index is 5.81. The molecule has 0 amide bonds. The molecule has 0 saturated carbocycles. The van der Waals surface area contributed by atoms with Crippen LogP contribution in [-0.2, 0) is 10.6 Å². The third-order valence-corrected chi connectivity index (χ3v) is 2.74. The van der Waals surface area contributed by atoms with Gasteiger partial charge in [-0.05, 0) is 12.5 Å². The maximum atomic E-state index is 5.81. The van der Waals surface area contributed by atoms with Gasteiger partial charge in [0.05, 0.1) is 24.8 Å².